The van der Waals surface area contributed by atoms with Crippen molar-refractivity contribution in [3.8, 4) is 5.75 Å². The number of hydrogen-bond donors (Lipinski definition) is 2. The van der Waals surface area contributed by atoms with E-state index in [1.807, 2.05) is 12.1 Å². The summed E-state index contributed by atoms with van der Waals surface area (Å²) in [7, 11) is 0. The van der Waals surface area contributed by atoms with Crippen molar-refractivity contribution >= 4 is 0 Å². The molecule has 2 fully saturated rings. The van der Waals surface area contributed by atoms with Crippen LogP contribution in [0.2, 0.25) is 0 Å². The highest BCUT2D eigenvalue weighted by atomic mass is 16.3. The fourth-order valence-corrected chi connectivity index (χ4v) is 3.80. The normalized spacial score (nSPS) is 25.9. The first-order chi connectivity index (χ1) is 10.2. The van der Waals surface area contributed by atoms with Gasteiger partial charge in [-0.1, -0.05) is 26.0 Å². The van der Waals surface area contributed by atoms with Gasteiger partial charge in [-0.3, -0.25) is 4.90 Å². The second-order valence-electron chi connectivity index (χ2n) is 6.81. The lowest BCUT2D eigenvalue weighted by atomic mass is 9.86. The van der Waals surface area contributed by atoms with Crippen LogP contribution in [0, 0.1) is 5.92 Å². The molecule has 1 aromatic rings. The van der Waals surface area contributed by atoms with E-state index in [0.29, 0.717) is 11.8 Å². The second-order valence-corrected chi connectivity index (χ2v) is 6.81. The number of phenols is 1. The summed E-state index contributed by atoms with van der Waals surface area (Å²) in [6.45, 7) is 7.79. The molecule has 0 bridgehead atoms. The highest BCUT2D eigenvalue weighted by Crippen LogP contribution is 2.38. The van der Waals surface area contributed by atoms with Gasteiger partial charge in [0.15, 0.2) is 0 Å². The summed E-state index contributed by atoms with van der Waals surface area (Å²) in [5.41, 5.74) is 1.48. The summed E-state index contributed by atoms with van der Waals surface area (Å²) in [4.78, 5) is 2.67. The molecule has 0 aromatic heterocycles. The maximum atomic E-state index is 9.71. The van der Waals surface area contributed by atoms with Crippen molar-refractivity contribution in [2.75, 3.05) is 13.1 Å². The fourth-order valence-electron chi connectivity index (χ4n) is 3.80. The van der Waals surface area contributed by atoms with Crippen molar-refractivity contribution in [3.63, 3.8) is 0 Å². The minimum absolute atomic E-state index is 0.261. The molecule has 1 saturated carbocycles. The van der Waals surface area contributed by atoms with E-state index in [1.54, 1.807) is 6.07 Å². The van der Waals surface area contributed by atoms with Gasteiger partial charge in [0, 0.05) is 31.2 Å². The zero-order valence-electron chi connectivity index (χ0n) is 13.3. The molecule has 1 saturated heterocycles. The zero-order chi connectivity index (χ0) is 14.9. The maximum Gasteiger partial charge on any atom is 0.115 e. The maximum absolute atomic E-state index is 9.71. The van der Waals surface area contributed by atoms with Crippen LogP contribution in [0.4, 0.5) is 0 Å². The van der Waals surface area contributed by atoms with E-state index in [1.165, 1.54) is 31.2 Å². The largest absolute Gasteiger partial charge is 0.508 e. The van der Waals surface area contributed by atoms with Gasteiger partial charge in [-0.15, -0.1) is 0 Å². The lowest BCUT2D eigenvalue weighted by Gasteiger charge is -2.50. The molecule has 0 amide bonds. The van der Waals surface area contributed by atoms with E-state index in [2.05, 4.69) is 30.1 Å². The minimum atomic E-state index is 0.261. The summed E-state index contributed by atoms with van der Waals surface area (Å²) in [6.07, 6.45) is 5.13. The standard InChI is InChI=1S/C18H28N2O/c1-3-18(4-2)13-19-17(15-8-9-15)12-20(18)11-14-6-5-7-16(21)10-14/h5-7,10,15,17,19,21H,3-4,8-9,11-13H2,1-2H3. The monoisotopic (exact) mass is 288 g/mol. The lowest BCUT2D eigenvalue weighted by molar-refractivity contribution is 0.0202. The van der Waals surface area contributed by atoms with Crippen LogP contribution in [0.15, 0.2) is 24.3 Å². The third-order valence-electron chi connectivity index (χ3n) is 5.57. The van der Waals surface area contributed by atoms with Crippen LogP contribution in [0.25, 0.3) is 0 Å². The number of piperazine rings is 1. The van der Waals surface area contributed by atoms with Crippen molar-refractivity contribution in [2.24, 2.45) is 5.92 Å². The zero-order valence-corrected chi connectivity index (χ0v) is 13.3. The summed E-state index contributed by atoms with van der Waals surface area (Å²) in [5, 5.41) is 13.5. The van der Waals surface area contributed by atoms with Crippen LogP contribution in [0.3, 0.4) is 0 Å². The topological polar surface area (TPSA) is 35.5 Å². The molecule has 2 N–H and O–H groups in total. The highest BCUT2D eigenvalue weighted by molar-refractivity contribution is 5.27. The van der Waals surface area contributed by atoms with Gasteiger partial charge in [-0.25, -0.2) is 0 Å². The van der Waals surface area contributed by atoms with Crippen molar-refractivity contribution in [1.82, 2.24) is 10.2 Å². The number of benzene rings is 1. The van der Waals surface area contributed by atoms with Crippen molar-refractivity contribution in [1.29, 1.82) is 0 Å². The van der Waals surface area contributed by atoms with Crippen LogP contribution in [-0.2, 0) is 6.54 Å². The first-order valence-electron chi connectivity index (χ1n) is 8.43. The molecule has 1 aliphatic heterocycles. The highest BCUT2D eigenvalue weighted by Gasteiger charge is 2.43. The molecule has 3 nitrogen and oxygen atoms in total. The van der Waals surface area contributed by atoms with Gasteiger partial charge in [-0.2, -0.15) is 0 Å². The van der Waals surface area contributed by atoms with Crippen LogP contribution >= 0.6 is 0 Å². The van der Waals surface area contributed by atoms with E-state index in [4.69, 9.17) is 0 Å². The summed E-state index contributed by atoms with van der Waals surface area (Å²) >= 11 is 0. The van der Waals surface area contributed by atoms with Gasteiger partial charge in [-0.05, 0) is 49.3 Å². The number of rotatable bonds is 5. The van der Waals surface area contributed by atoms with Crippen molar-refractivity contribution in [2.45, 2.75) is 57.7 Å². The quantitative estimate of drug-likeness (QED) is 0.874. The van der Waals surface area contributed by atoms with E-state index in [0.717, 1.165) is 25.6 Å². The fraction of sp³-hybridized carbons (Fsp3) is 0.667. The molecule has 1 atom stereocenters. The number of nitrogens with zero attached hydrogens (tertiary/aromatic N) is 1. The van der Waals surface area contributed by atoms with Gasteiger partial charge in [0.1, 0.15) is 5.75 Å². The molecule has 0 radical (unpaired) electrons. The Kier molecular flexibility index (Phi) is 4.23. The van der Waals surface area contributed by atoms with Gasteiger partial charge < -0.3 is 10.4 Å². The second kappa shape index (κ2) is 5.98. The first kappa shape index (κ1) is 14.9. The van der Waals surface area contributed by atoms with Gasteiger partial charge >= 0.3 is 0 Å². The SMILES string of the molecule is CCC1(CC)CNC(C2CC2)CN1Cc1cccc(O)c1. The smallest absolute Gasteiger partial charge is 0.115 e. The Labute approximate surface area is 128 Å². The van der Waals surface area contributed by atoms with Gasteiger partial charge in [0.25, 0.3) is 0 Å². The first-order valence-corrected chi connectivity index (χ1v) is 8.43. The molecular weight excluding hydrogens is 260 g/mol. The van der Waals surface area contributed by atoms with Crippen LogP contribution < -0.4 is 5.32 Å². The van der Waals surface area contributed by atoms with Crippen molar-refractivity contribution < 1.29 is 5.11 Å². The predicted octanol–water partition coefficient (Wildman–Crippen LogP) is 3.13. The predicted molar refractivity (Wildman–Crippen MR) is 86.3 cm³/mol. The molecule has 21 heavy (non-hydrogen) atoms. The van der Waals surface area contributed by atoms with Crippen LogP contribution in [0.5, 0.6) is 5.75 Å². The molecule has 1 aromatic carbocycles. The molecular formula is C18H28N2O. The molecule has 2 aliphatic rings. The number of phenolic OH excluding ortho intramolecular Hbond substituents is 1. The van der Waals surface area contributed by atoms with E-state index >= 15 is 0 Å². The Balaban J connectivity index is 1.78. The van der Waals surface area contributed by atoms with Gasteiger partial charge in [0.05, 0.1) is 0 Å². The number of aromatic hydroxyl groups is 1. The summed E-state index contributed by atoms with van der Waals surface area (Å²) in [5.74, 6) is 1.27. The Hall–Kier alpha value is -1.06. The molecule has 1 heterocycles. The average Bonchev–Trinajstić information content (AvgIpc) is 3.32. The van der Waals surface area contributed by atoms with E-state index in [9.17, 15) is 5.11 Å². The Morgan fingerprint density at radius 3 is 2.67 bits per heavy atom. The number of nitrogens with one attached hydrogen (secondary N) is 1. The van der Waals surface area contributed by atoms with E-state index in [-0.39, 0.29) is 5.54 Å². The summed E-state index contributed by atoms with van der Waals surface area (Å²) in [6, 6.07) is 8.40. The third kappa shape index (κ3) is 3.09. The molecule has 1 aliphatic carbocycles. The molecule has 1 unspecified atom stereocenters. The molecule has 116 valence electrons. The Morgan fingerprint density at radius 2 is 2.05 bits per heavy atom. The molecule has 3 heteroatoms. The van der Waals surface area contributed by atoms with Crippen LogP contribution in [0.1, 0.15) is 45.1 Å². The Bertz CT molecular complexity index is 480. The third-order valence-corrected chi connectivity index (χ3v) is 5.57. The number of hydrogen-bond acceptors (Lipinski definition) is 3. The molecule has 3 rings (SSSR count). The van der Waals surface area contributed by atoms with E-state index < -0.39 is 0 Å². The summed E-state index contributed by atoms with van der Waals surface area (Å²) < 4.78 is 0. The lowest BCUT2D eigenvalue weighted by Crippen LogP contribution is -2.64. The average molecular weight is 288 g/mol. The minimum Gasteiger partial charge on any atom is -0.508 e. The van der Waals surface area contributed by atoms with Gasteiger partial charge in [0.2, 0.25) is 0 Å². The Morgan fingerprint density at radius 1 is 1.29 bits per heavy atom. The van der Waals surface area contributed by atoms with Crippen molar-refractivity contribution in [3.05, 3.63) is 29.8 Å². The molecule has 0 spiro atoms. The van der Waals surface area contributed by atoms with Crippen LogP contribution in [-0.4, -0.2) is 34.7 Å².